The molecule has 24 heavy (non-hydrogen) atoms. The zero-order valence-corrected chi connectivity index (χ0v) is 16.2. The van der Waals surface area contributed by atoms with Crippen LogP contribution in [0.4, 0.5) is 0 Å². The van der Waals surface area contributed by atoms with Gasteiger partial charge in [0.05, 0.1) is 32.1 Å². The van der Waals surface area contributed by atoms with Crippen LogP contribution >= 0.6 is 0 Å². The van der Waals surface area contributed by atoms with Gasteiger partial charge in [-0.05, 0) is 34.1 Å². The Hall–Kier alpha value is -0.900. The van der Waals surface area contributed by atoms with Gasteiger partial charge in [0.1, 0.15) is 0 Å². The molecule has 0 aliphatic carbocycles. The molecule has 3 N–H and O–H groups in total. The first-order chi connectivity index (χ1) is 11.1. The average molecular weight is 365 g/mol. The van der Waals surface area contributed by atoms with Crippen LogP contribution in [-0.2, 0) is 19.5 Å². The van der Waals surface area contributed by atoms with Gasteiger partial charge in [-0.3, -0.25) is 4.99 Å². The fourth-order valence-electron chi connectivity index (χ4n) is 2.33. The largest absolute Gasteiger partial charge is 0.379 e. The van der Waals surface area contributed by atoms with E-state index in [9.17, 15) is 8.42 Å². The number of sulfonamides is 1. The van der Waals surface area contributed by atoms with E-state index in [1.165, 1.54) is 0 Å². The molecule has 0 saturated carbocycles. The second-order valence-corrected chi connectivity index (χ2v) is 8.57. The highest BCUT2D eigenvalue weighted by Gasteiger charge is 2.22. The maximum Gasteiger partial charge on any atom is 0.209 e. The van der Waals surface area contributed by atoms with Gasteiger partial charge in [0.25, 0.3) is 0 Å². The van der Waals surface area contributed by atoms with E-state index in [2.05, 4.69) is 20.3 Å². The van der Waals surface area contributed by atoms with Crippen molar-refractivity contribution in [3.8, 4) is 0 Å². The van der Waals surface area contributed by atoms with Gasteiger partial charge >= 0.3 is 0 Å². The van der Waals surface area contributed by atoms with E-state index in [-0.39, 0.29) is 12.1 Å². The Morgan fingerprint density at radius 1 is 1.46 bits per heavy atom. The molecule has 9 heteroatoms. The minimum Gasteiger partial charge on any atom is -0.379 e. The fourth-order valence-corrected chi connectivity index (χ4v) is 3.40. The molecule has 1 rings (SSSR count). The monoisotopic (exact) mass is 364 g/mol. The van der Waals surface area contributed by atoms with Crippen molar-refractivity contribution in [1.29, 1.82) is 0 Å². The molecular weight excluding hydrogens is 332 g/mol. The van der Waals surface area contributed by atoms with E-state index in [4.69, 9.17) is 9.47 Å². The predicted octanol–water partition coefficient (Wildman–Crippen LogP) is 0.0633. The third kappa shape index (κ3) is 9.41. The number of ether oxygens (including phenoxy) is 2. The number of aliphatic imine (C=N–C) groups is 1. The summed E-state index contributed by atoms with van der Waals surface area (Å²) in [5, 5.41) is 6.43. The predicted molar refractivity (Wildman–Crippen MR) is 95.8 cm³/mol. The normalized spacial score (nSPS) is 20.9. The van der Waals surface area contributed by atoms with Crippen molar-refractivity contribution in [3.63, 3.8) is 0 Å². The Morgan fingerprint density at radius 3 is 2.71 bits per heavy atom. The van der Waals surface area contributed by atoms with Gasteiger partial charge in [0, 0.05) is 24.7 Å². The van der Waals surface area contributed by atoms with Gasteiger partial charge in [0.2, 0.25) is 10.0 Å². The highest BCUT2D eigenvalue weighted by Crippen LogP contribution is 2.08. The first-order valence-corrected chi connectivity index (χ1v) is 10.2. The summed E-state index contributed by atoms with van der Waals surface area (Å²) in [7, 11) is -3.28. The molecule has 0 radical (unpaired) electrons. The summed E-state index contributed by atoms with van der Waals surface area (Å²) in [6.45, 7) is 10.6. The zero-order chi connectivity index (χ0) is 18.2. The molecule has 2 unspecified atom stereocenters. The highest BCUT2D eigenvalue weighted by molar-refractivity contribution is 7.88. The van der Waals surface area contributed by atoms with Crippen molar-refractivity contribution in [2.24, 2.45) is 4.99 Å². The lowest BCUT2D eigenvalue weighted by Crippen LogP contribution is -2.48. The number of hydrogen-bond acceptors (Lipinski definition) is 5. The smallest absolute Gasteiger partial charge is 0.209 e. The standard InChI is InChI=1S/C15H32N4O4S/c1-6-16-14(17-11-15(3,4)19-24(5,20)21)18-12(2)9-23-13-7-8-22-10-13/h12-13,19H,6-11H2,1-5H3,(H2,16,17,18). The van der Waals surface area contributed by atoms with Crippen LogP contribution < -0.4 is 15.4 Å². The van der Waals surface area contributed by atoms with Crippen molar-refractivity contribution in [3.05, 3.63) is 0 Å². The van der Waals surface area contributed by atoms with Gasteiger partial charge in [-0.1, -0.05) is 0 Å². The van der Waals surface area contributed by atoms with Crippen molar-refractivity contribution in [1.82, 2.24) is 15.4 Å². The minimum atomic E-state index is -3.28. The van der Waals surface area contributed by atoms with Crippen LogP contribution in [-0.4, -0.2) is 71.2 Å². The molecule has 0 aromatic rings. The number of nitrogens with one attached hydrogen (secondary N) is 3. The van der Waals surface area contributed by atoms with E-state index in [1.807, 2.05) is 13.8 Å². The molecule has 1 saturated heterocycles. The molecule has 2 atom stereocenters. The Labute approximate surface area is 145 Å². The third-order valence-electron chi connectivity index (χ3n) is 3.29. The van der Waals surface area contributed by atoms with Gasteiger partial charge in [0.15, 0.2) is 5.96 Å². The maximum atomic E-state index is 11.4. The molecule has 8 nitrogen and oxygen atoms in total. The van der Waals surface area contributed by atoms with E-state index in [1.54, 1.807) is 13.8 Å². The fraction of sp³-hybridized carbons (Fsp3) is 0.933. The third-order valence-corrected chi connectivity index (χ3v) is 4.21. The van der Waals surface area contributed by atoms with Crippen molar-refractivity contribution in [2.75, 3.05) is 39.2 Å². The van der Waals surface area contributed by atoms with Crippen LogP contribution in [0.25, 0.3) is 0 Å². The Morgan fingerprint density at radius 2 is 2.17 bits per heavy atom. The quantitative estimate of drug-likeness (QED) is 0.395. The first kappa shape index (κ1) is 21.1. The lowest BCUT2D eigenvalue weighted by Gasteiger charge is -2.24. The van der Waals surface area contributed by atoms with Crippen LogP contribution in [0.2, 0.25) is 0 Å². The summed E-state index contributed by atoms with van der Waals surface area (Å²) in [4.78, 5) is 4.48. The number of guanidine groups is 1. The topological polar surface area (TPSA) is 101 Å². The lowest BCUT2D eigenvalue weighted by molar-refractivity contribution is 0.0347. The minimum absolute atomic E-state index is 0.0781. The molecule has 1 aliphatic rings. The molecule has 0 amide bonds. The van der Waals surface area contributed by atoms with E-state index in [0.29, 0.717) is 25.7 Å². The number of hydrogen-bond donors (Lipinski definition) is 3. The summed E-state index contributed by atoms with van der Waals surface area (Å²) >= 11 is 0. The number of nitrogens with zero attached hydrogens (tertiary/aromatic N) is 1. The van der Waals surface area contributed by atoms with Gasteiger partial charge in [-0.25, -0.2) is 13.1 Å². The lowest BCUT2D eigenvalue weighted by atomic mass is 10.1. The molecule has 1 fully saturated rings. The average Bonchev–Trinajstić information content (AvgIpc) is 2.93. The van der Waals surface area contributed by atoms with E-state index < -0.39 is 15.6 Å². The molecule has 0 bridgehead atoms. The first-order valence-electron chi connectivity index (χ1n) is 8.34. The van der Waals surface area contributed by atoms with Crippen LogP contribution in [0.3, 0.4) is 0 Å². The maximum absolute atomic E-state index is 11.4. The van der Waals surface area contributed by atoms with Gasteiger partial charge in [-0.2, -0.15) is 0 Å². The van der Waals surface area contributed by atoms with E-state index >= 15 is 0 Å². The molecular formula is C15H32N4O4S. The van der Waals surface area contributed by atoms with Crippen LogP contribution in [0.1, 0.15) is 34.1 Å². The number of rotatable bonds is 9. The second-order valence-electron chi connectivity index (χ2n) is 6.82. The Kier molecular flexibility index (Phi) is 8.41. The molecule has 1 heterocycles. The van der Waals surface area contributed by atoms with Gasteiger partial charge in [-0.15, -0.1) is 0 Å². The summed E-state index contributed by atoms with van der Waals surface area (Å²) < 4.78 is 36.4. The van der Waals surface area contributed by atoms with Crippen molar-refractivity contribution in [2.45, 2.75) is 51.8 Å². The van der Waals surface area contributed by atoms with E-state index in [0.717, 1.165) is 25.8 Å². The molecule has 142 valence electrons. The Bertz CT molecular complexity index is 502. The molecule has 0 aromatic carbocycles. The zero-order valence-electron chi connectivity index (χ0n) is 15.4. The molecule has 1 aliphatic heterocycles. The van der Waals surface area contributed by atoms with Crippen molar-refractivity contribution < 1.29 is 17.9 Å². The summed E-state index contributed by atoms with van der Waals surface area (Å²) in [5.41, 5.74) is -0.656. The second kappa shape index (κ2) is 9.55. The SMILES string of the molecule is CCNC(=NCC(C)(C)NS(C)(=O)=O)NC(C)COC1CCOC1. The van der Waals surface area contributed by atoms with Crippen LogP contribution in [0.5, 0.6) is 0 Å². The summed E-state index contributed by atoms with van der Waals surface area (Å²) in [6, 6.07) is 0.0781. The van der Waals surface area contributed by atoms with Gasteiger partial charge < -0.3 is 20.1 Å². The summed E-state index contributed by atoms with van der Waals surface area (Å²) in [5.74, 6) is 0.639. The summed E-state index contributed by atoms with van der Waals surface area (Å²) in [6.07, 6.45) is 2.26. The highest BCUT2D eigenvalue weighted by atomic mass is 32.2. The molecule has 0 spiro atoms. The van der Waals surface area contributed by atoms with Crippen LogP contribution in [0, 0.1) is 0 Å². The van der Waals surface area contributed by atoms with Crippen LogP contribution in [0.15, 0.2) is 4.99 Å². The van der Waals surface area contributed by atoms with Crippen molar-refractivity contribution >= 4 is 16.0 Å². The molecule has 0 aromatic heterocycles. The Balaban J connectivity index is 2.51.